The number of hydrogen-bond donors (Lipinski definition) is 0. The van der Waals surface area contributed by atoms with E-state index in [2.05, 4.69) is 29.0 Å². The summed E-state index contributed by atoms with van der Waals surface area (Å²) >= 11 is 6.02. The molecule has 2 nitrogen and oxygen atoms in total. The molecule has 3 heteroatoms. The summed E-state index contributed by atoms with van der Waals surface area (Å²) in [5.74, 6) is 0.905. The molecule has 1 aromatic heterocycles. The third-order valence-electron chi connectivity index (χ3n) is 3.24. The third-order valence-corrected chi connectivity index (χ3v) is 3.47. The van der Waals surface area contributed by atoms with Crippen molar-refractivity contribution >= 4 is 22.5 Å². The molecule has 0 N–H and O–H groups in total. The summed E-state index contributed by atoms with van der Waals surface area (Å²) in [5.41, 5.74) is 2.35. The number of fused-ring (bicyclic) bond motifs is 1. The largest absolute Gasteiger partial charge is 0.496 e. The molecule has 0 amide bonds. The van der Waals surface area contributed by atoms with E-state index in [0.717, 1.165) is 22.7 Å². The van der Waals surface area contributed by atoms with E-state index in [1.807, 2.05) is 30.3 Å². The van der Waals surface area contributed by atoms with Gasteiger partial charge in [0.05, 0.1) is 12.6 Å². The van der Waals surface area contributed by atoms with Gasteiger partial charge in [-0.05, 0) is 35.9 Å². The van der Waals surface area contributed by atoms with Crippen molar-refractivity contribution in [2.24, 2.45) is 0 Å². The normalized spacial score (nSPS) is 10.8. The van der Waals surface area contributed by atoms with Crippen molar-refractivity contribution in [1.82, 2.24) is 4.57 Å². The molecule has 0 spiro atoms. The van der Waals surface area contributed by atoms with Gasteiger partial charge < -0.3 is 9.30 Å². The Morgan fingerprint density at radius 3 is 2.74 bits per heavy atom. The summed E-state index contributed by atoms with van der Waals surface area (Å²) in [6.07, 6.45) is 2.08. The molecule has 0 saturated heterocycles. The molecule has 3 aromatic rings. The summed E-state index contributed by atoms with van der Waals surface area (Å²) in [5, 5.41) is 1.90. The number of halogens is 1. The van der Waals surface area contributed by atoms with Crippen LogP contribution < -0.4 is 4.74 Å². The molecule has 0 unspecified atom stereocenters. The fourth-order valence-corrected chi connectivity index (χ4v) is 2.56. The van der Waals surface area contributed by atoms with Gasteiger partial charge in [0, 0.05) is 23.2 Å². The first-order valence-electron chi connectivity index (χ1n) is 6.14. The van der Waals surface area contributed by atoms with E-state index < -0.39 is 0 Å². The Balaban J connectivity index is 2.02. The average molecular weight is 272 g/mol. The van der Waals surface area contributed by atoms with Crippen molar-refractivity contribution in [2.75, 3.05) is 7.11 Å². The molecular formula is C16H14ClNO. The molecule has 1 heterocycles. The summed E-state index contributed by atoms with van der Waals surface area (Å²) < 4.78 is 7.57. The minimum atomic E-state index is 0.770. The number of aromatic nitrogens is 1. The maximum absolute atomic E-state index is 6.02. The number of hydrogen-bond acceptors (Lipinski definition) is 1. The number of nitrogens with zero attached hydrogens (tertiary/aromatic N) is 1. The molecular weight excluding hydrogens is 258 g/mol. The van der Waals surface area contributed by atoms with Gasteiger partial charge in [-0.1, -0.05) is 29.8 Å². The topological polar surface area (TPSA) is 14.2 Å². The predicted octanol–water partition coefficient (Wildman–Crippen LogP) is 4.35. The highest BCUT2D eigenvalue weighted by Crippen LogP contribution is 2.26. The molecule has 0 saturated carbocycles. The minimum absolute atomic E-state index is 0.770. The lowest BCUT2D eigenvalue weighted by Crippen LogP contribution is -1.97. The number of methoxy groups -OCH3 is 1. The van der Waals surface area contributed by atoms with Gasteiger partial charge in [-0.25, -0.2) is 0 Å². The number of benzene rings is 2. The Hall–Kier alpha value is -1.93. The van der Waals surface area contributed by atoms with E-state index >= 15 is 0 Å². The van der Waals surface area contributed by atoms with Crippen LogP contribution in [0.2, 0.25) is 5.02 Å². The molecule has 0 radical (unpaired) electrons. The van der Waals surface area contributed by atoms with Crippen LogP contribution in [-0.4, -0.2) is 11.7 Å². The number of rotatable bonds is 3. The van der Waals surface area contributed by atoms with Crippen LogP contribution in [0.4, 0.5) is 0 Å². The van der Waals surface area contributed by atoms with E-state index in [0.29, 0.717) is 0 Å². The smallest absolute Gasteiger partial charge is 0.128 e. The quantitative estimate of drug-likeness (QED) is 0.691. The Kier molecular flexibility index (Phi) is 3.18. The first-order valence-corrected chi connectivity index (χ1v) is 6.52. The van der Waals surface area contributed by atoms with E-state index in [9.17, 15) is 0 Å². The van der Waals surface area contributed by atoms with E-state index in [-0.39, 0.29) is 0 Å². The second kappa shape index (κ2) is 4.98. The summed E-state index contributed by atoms with van der Waals surface area (Å²) in [6.45, 7) is 0.803. The maximum atomic E-state index is 6.02. The zero-order valence-corrected chi connectivity index (χ0v) is 11.4. The van der Waals surface area contributed by atoms with Crippen LogP contribution >= 0.6 is 11.6 Å². The first kappa shape index (κ1) is 12.1. The molecule has 0 fully saturated rings. The van der Waals surface area contributed by atoms with Gasteiger partial charge in [0.15, 0.2) is 0 Å². The molecule has 96 valence electrons. The highest BCUT2D eigenvalue weighted by molar-refractivity contribution is 6.30. The van der Waals surface area contributed by atoms with Crippen molar-refractivity contribution in [2.45, 2.75) is 6.54 Å². The van der Waals surface area contributed by atoms with Crippen molar-refractivity contribution in [1.29, 1.82) is 0 Å². The van der Waals surface area contributed by atoms with E-state index in [4.69, 9.17) is 16.3 Å². The highest BCUT2D eigenvalue weighted by Gasteiger charge is 2.06. The van der Waals surface area contributed by atoms with Crippen LogP contribution in [0, 0.1) is 0 Å². The van der Waals surface area contributed by atoms with Gasteiger partial charge in [-0.15, -0.1) is 0 Å². The van der Waals surface area contributed by atoms with Crippen molar-refractivity contribution in [3.05, 3.63) is 65.3 Å². The van der Waals surface area contributed by atoms with Crippen LogP contribution in [0.1, 0.15) is 5.56 Å². The van der Waals surface area contributed by atoms with Gasteiger partial charge in [0.2, 0.25) is 0 Å². The van der Waals surface area contributed by atoms with Crippen LogP contribution in [-0.2, 0) is 6.54 Å². The first-order chi connectivity index (χ1) is 9.28. The molecule has 0 bridgehead atoms. The van der Waals surface area contributed by atoms with E-state index in [1.54, 1.807) is 7.11 Å². The highest BCUT2D eigenvalue weighted by atomic mass is 35.5. The Labute approximate surface area is 117 Å². The van der Waals surface area contributed by atoms with E-state index in [1.165, 1.54) is 11.1 Å². The second-order valence-electron chi connectivity index (χ2n) is 4.47. The van der Waals surface area contributed by atoms with Crippen LogP contribution in [0.25, 0.3) is 10.9 Å². The van der Waals surface area contributed by atoms with Gasteiger partial charge in [0.25, 0.3) is 0 Å². The van der Waals surface area contributed by atoms with Crippen LogP contribution in [0.15, 0.2) is 54.7 Å². The Morgan fingerprint density at radius 2 is 1.95 bits per heavy atom. The summed E-state index contributed by atoms with van der Waals surface area (Å²) in [4.78, 5) is 0. The van der Waals surface area contributed by atoms with Crippen molar-refractivity contribution in [3.8, 4) is 5.75 Å². The minimum Gasteiger partial charge on any atom is -0.496 e. The summed E-state index contributed by atoms with van der Waals surface area (Å²) in [6, 6.07) is 16.1. The van der Waals surface area contributed by atoms with Crippen LogP contribution in [0.3, 0.4) is 0 Å². The zero-order chi connectivity index (χ0) is 13.2. The monoisotopic (exact) mass is 271 g/mol. The predicted molar refractivity (Wildman–Crippen MR) is 79.0 cm³/mol. The number of ether oxygens (including phenoxy) is 1. The lowest BCUT2D eigenvalue weighted by atomic mass is 10.2. The molecule has 2 aromatic carbocycles. The SMILES string of the molecule is COc1cccc2c1ccn2Cc1cccc(Cl)c1. The fourth-order valence-electron chi connectivity index (χ4n) is 2.34. The fraction of sp³-hybridized carbons (Fsp3) is 0.125. The van der Waals surface area contributed by atoms with Crippen molar-refractivity contribution in [3.63, 3.8) is 0 Å². The molecule has 0 aliphatic heterocycles. The Bertz CT molecular complexity index is 718. The molecule has 0 aliphatic rings. The van der Waals surface area contributed by atoms with Crippen molar-refractivity contribution < 1.29 is 4.74 Å². The molecule has 0 aliphatic carbocycles. The molecule has 19 heavy (non-hydrogen) atoms. The molecule has 3 rings (SSSR count). The summed E-state index contributed by atoms with van der Waals surface area (Å²) in [7, 11) is 1.70. The second-order valence-corrected chi connectivity index (χ2v) is 4.90. The maximum Gasteiger partial charge on any atom is 0.128 e. The standard InChI is InChI=1S/C16H14ClNO/c1-19-16-7-3-6-15-14(16)8-9-18(15)11-12-4-2-5-13(17)10-12/h2-10H,11H2,1H3. The lowest BCUT2D eigenvalue weighted by Gasteiger charge is -2.07. The zero-order valence-electron chi connectivity index (χ0n) is 10.6. The van der Waals surface area contributed by atoms with Gasteiger partial charge in [-0.3, -0.25) is 0 Å². The Morgan fingerprint density at radius 1 is 1.11 bits per heavy atom. The third kappa shape index (κ3) is 2.32. The average Bonchev–Trinajstić information content (AvgIpc) is 2.82. The lowest BCUT2D eigenvalue weighted by molar-refractivity contribution is 0.420. The van der Waals surface area contributed by atoms with Gasteiger partial charge in [-0.2, -0.15) is 0 Å². The van der Waals surface area contributed by atoms with Gasteiger partial charge >= 0.3 is 0 Å². The van der Waals surface area contributed by atoms with Gasteiger partial charge in [0.1, 0.15) is 5.75 Å². The van der Waals surface area contributed by atoms with Crippen LogP contribution in [0.5, 0.6) is 5.75 Å². The molecule has 0 atom stereocenters.